The van der Waals surface area contributed by atoms with E-state index in [1.807, 2.05) is 0 Å². The van der Waals surface area contributed by atoms with E-state index in [2.05, 4.69) is 10.3 Å². The summed E-state index contributed by atoms with van der Waals surface area (Å²) >= 11 is 0. The summed E-state index contributed by atoms with van der Waals surface area (Å²) in [5.41, 5.74) is -1.14. The van der Waals surface area contributed by atoms with Gasteiger partial charge in [-0.15, -0.1) is 0 Å². The number of rotatable bonds is 0. The highest BCUT2D eigenvalue weighted by atomic mass is 19.4. The number of amides is 2. The van der Waals surface area contributed by atoms with Gasteiger partial charge in [0.25, 0.3) is 5.91 Å². The standard InChI is InChI=1S/C13H13F3N4O3/c14-13(15,16)7-3-9-10(17-4-7)20-2-1-19(12(22)23)6-8(20)5-18-11(9)21/h3-4,8H,1-2,5-6H2,(H,18,21)(H,22,23)/t8-/m0/s1. The Hall–Kier alpha value is -2.52. The third-order valence-electron chi connectivity index (χ3n) is 3.96. The zero-order valence-corrected chi connectivity index (χ0v) is 11.8. The second-order valence-corrected chi connectivity index (χ2v) is 5.38. The van der Waals surface area contributed by atoms with Crippen LogP contribution in [0.15, 0.2) is 12.3 Å². The van der Waals surface area contributed by atoms with Crippen molar-refractivity contribution in [3.63, 3.8) is 0 Å². The molecule has 0 aromatic carbocycles. The van der Waals surface area contributed by atoms with Gasteiger partial charge >= 0.3 is 12.3 Å². The van der Waals surface area contributed by atoms with Gasteiger partial charge in [-0.25, -0.2) is 9.78 Å². The van der Waals surface area contributed by atoms with Crippen LogP contribution in [0.4, 0.5) is 23.8 Å². The lowest BCUT2D eigenvalue weighted by Crippen LogP contribution is -2.57. The fourth-order valence-corrected chi connectivity index (χ4v) is 2.80. The molecule has 1 atom stereocenters. The molecule has 2 N–H and O–H groups in total. The normalized spacial score (nSPS) is 21.2. The van der Waals surface area contributed by atoms with Crippen molar-refractivity contribution in [2.75, 3.05) is 31.1 Å². The fraction of sp³-hybridized carbons (Fsp3) is 0.462. The molecular weight excluding hydrogens is 317 g/mol. The van der Waals surface area contributed by atoms with Crippen LogP contribution in [0.5, 0.6) is 0 Å². The minimum atomic E-state index is -4.59. The van der Waals surface area contributed by atoms with Crippen LogP contribution in [0.1, 0.15) is 15.9 Å². The van der Waals surface area contributed by atoms with Crippen molar-refractivity contribution in [3.05, 3.63) is 23.4 Å². The first-order valence-corrected chi connectivity index (χ1v) is 6.87. The second-order valence-electron chi connectivity index (χ2n) is 5.38. The van der Waals surface area contributed by atoms with Crippen LogP contribution in [-0.4, -0.2) is 59.2 Å². The molecule has 0 aliphatic carbocycles. The SMILES string of the molecule is O=C1NC[C@H]2CN(C(=O)O)CCN2c2ncc(C(F)(F)F)cc21. The number of piperazine rings is 1. The summed E-state index contributed by atoms with van der Waals surface area (Å²) in [5, 5.41) is 11.6. The summed E-state index contributed by atoms with van der Waals surface area (Å²) in [4.78, 5) is 29.9. The first-order chi connectivity index (χ1) is 10.8. The van der Waals surface area contributed by atoms with E-state index in [0.29, 0.717) is 6.20 Å². The molecule has 7 nitrogen and oxygen atoms in total. The van der Waals surface area contributed by atoms with Crippen LogP contribution in [0.25, 0.3) is 0 Å². The van der Waals surface area contributed by atoms with E-state index in [0.717, 1.165) is 6.07 Å². The molecule has 3 heterocycles. The van der Waals surface area contributed by atoms with E-state index >= 15 is 0 Å². The fourth-order valence-electron chi connectivity index (χ4n) is 2.80. The molecule has 3 rings (SSSR count). The Labute approximate surface area is 128 Å². The van der Waals surface area contributed by atoms with Crippen LogP contribution < -0.4 is 10.2 Å². The average molecular weight is 330 g/mol. The van der Waals surface area contributed by atoms with Gasteiger partial charge in [0.1, 0.15) is 5.82 Å². The monoisotopic (exact) mass is 330 g/mol. The molecule has 2 aliphatic heterocycles. The molecule has 1 aromatic rings. The number of hydrogen-bond acceptors (Lipinski definition) is 4. The lowest BCUT2D eigenvalue weighted by molar-refractivity contribution is -0.137. The van der Waals surface area contributed by atoms with Gasteiger partial charge in [-0.2, -0.15) is 13.2 Å². The van der Waals surface area contributed by atoms with Crippen molar-refractivity contribution >= 4 is 17.8 Å². The predicted molar refractivity (Wildman–Crippen MR) is 72.3 cm³/mol. The smallest absolute Gasteiger partial charge is 0.417 e. The summed E-state index contributed by atoms with van der Waals surface area (Å²) in [7, 11) is 0. The number of aromatic nitrogens is 1. The molecule has 10 heteroatoms. The molecule has 2 aliphatic rings. The van der Waals surface area contributed by atoms with E-state index in [4.69, 9.17) is 5.11 Å². The molecule has 1 fully saturated rings. The Kier molecular flexibility index (Phi) is 3.53. The van der Waals surface area contributed by atoms with E-state index in [9.17, 15) is 22.8 Å². The van der Waals surface area contributed by atoms with Crippen molar-refractivity contribution in [1.82, 2.24) is 15.2 Å². The number of carbonyl (C=O) groups is 2. The largest absolute Gasteiger partial charge is 0.465 e. The molecule has 0 radical (unpaired) electrons. The van der Waals surface area contributed by atoms with Gasteiger partial charge in [-0.1, -0.05) is 0 Å². The van der Waals surface area contributed by atoms with Crippen molar-refractivity contribution in [3.8, 4) is 0 Å². The highest BCUT2D eigenvalue weighted by molar-refractivity contribution is 6.00. The topological polar surface area (TPSA) is 85.8 Å². The van der Waals surface area contributed by atoms with Crippen LogP contribution in [-0.2, 0) is 6.18 Å². The van der Waals surface area contributed by atoms with Crippen molar-refractivity contribution in [1.29, 1.82) is 0 Å². The minimum Gasteiger partial charge on any atom is -0.465 e. The van der Waals surface area contributed by atoms with Crippen LogP contribution in [0, 0.1) is 0 Å². The number of carbonyl (C=O) groups excluding carboxylic acids is 1. The number of nitrogens with zero attached hydrogens (tertiary/aromatic N) is 3. The first-order valence-electron chi connectivity index (χ1n) is 6.87. The molecule has 124 valence electrons. The van der Waals surface area contributed by atoms with E-state index in [1.165, 1.54) is 4.90 Å². The minimum absolute atomic E-state index is 0.139. The number of halogens is 3. The summed E-state index contributed by atoms with van der Waals surface area (Å²) in [5.74, 6) is -0.488. The summed E-state index contributed by atoms with van der Waals surface area (Å²) in [6.07, 6.45) is -4.96. The molecule has 0 spiro atoms. The van der Waals surface area contributed by atoms with Crippen molar-refractivity contribution in [2.45, 2.75) is 12.2 Å². The summed E-state index contributed by atoms with van der Waals surface area (Å²) in [6.45, 7) is 0.748. The maximum Gasteiger partial charge on any atom is 0.417 e. The highest BCUT2D eigenvalue weighted by Gasteiger charge is 2.38. The zero-order chi connectivity index (χ0) is 16.8. The first kappa shape index (κ1) is 15.4. The second kappa shape index (κ2) is 5.28. The highest BCUT2D eigenvalue weighted by Crippen LogP contribution is 2.33. The van der Waals surface area contributed by atoms with Gasteiger partial charge in [0, 0.05) is 32.4 Å². The number of hydrogen-bond donors (Lipinski definition) is 2. The van der Waals surface area contributed by atoms with Crippen LogP contribution >= 0.6 is 0 Å². The molecular formula is C13H13F3N4O3. The van der Waals surface area contributed by atoms with Gasteiger partial charge in [-0.05, 0) is 6.07 Å². The van der Waals surface area contributed by atoms with Gasteiger partial charge in [0.15, 0.2) is 0 Å². The predicted octanol–water partition coefficient (Wildman–Crippen LogP) is 1.01. The maximum absolute atomic E-state index is 12.8. The Morgan fingerprint density at radius 3 is 2.78 bits per heavy atom. The molecule has 23 heavy (non-hydrogen) atoms. The number of carboxylic acid groups (broad SMARTS) is 1. The average Bonchev–Trinajstić information content (AvgIpc) is 2.63. The quantitative estimate of drug-likeness (QED) is 0.742. The molecule has 1 aromatic heterocycles. The van der Waals surface area contributed by atoms with Crippen molar-refractivity contribution < 1.29 is 27.9 Å². The van der Waals surface area contributed by atoms with Gasteiger partial charge in [0.2, 0.25) is 0 Å². The number of pyridine rings is 1. The number of alkyl halides is 3. The number of anilines is 1. The molecule has 0 unspecified atom stereocenters. The number of fused-ring (bicyclic) bond motifs is 3. The summed E-state index contributed by atoms with van der Waals surface area (Å²) < 4.78 is 38.4. The lowest BCUT2D eigenvalue weighted by Gasteiger charge is -2.40. The Morgan fingerprint density at radius 1 is 1.39 bits per heavy atom. The molecule has 0 saturated carbocycles. The lowest BCUT2D eigenvalue weighted by atomic mass is 10.1. The van der Waals surface area contributed by atoms with E-state index in [1.54, 1.807) is 4.90 Å². The summed E-state index contributed by atoms with van der Waals surface area (Å²) in [6, 6.07) is 0.415. The zero-order valence-electron chi connectivity index (χ0n) is 11.8. The Bertz CT molecular complexity index is 664. The third kappa shape index (κ3) is 2.76. The van der Waals surface area contributed by atoms with E-state index in [-0.39, 0.29) is 43.6 Å². The molecule has 2 amide bonds. The number of nitrogens with one attached hydrogen (secondary N) is 1. The van der Waals surface area contributed by atoms with Crippen LogP contribution in [0.2, 0.25) is 0 Å². The van der Waals surface area contributed by atoms with Gasteiger partial charge < -0.3 is 20.2 Å². The van der Waals surface area contributed by atoms with Gasteiger partial charge in [0.05, 0.1) is 17.2 Å². The molecule has 1 saturated heterocycles. The van der Waals surface area contributed by atoms with E-state index < -0.39 is 23.7 Å². The Balaban J connectivity index is 1.98. The Morgan fingerprint density at radius 2 is 2.13 bits per heavy atom. The van der Waals surface area contributed by atoms with Crippen LogP contribution in [0.3, 0.4) is 0 Å². The maximum atomic E-state index is 12.8. The van der Waals surface area contributed by atoms with Gasteiger partial charge in [-0.3, -0.25) is 4.79 Å². The molecule has 0 bridgehead atoms. The van der Waals surface area contributed by atoms with Crippen molar-refractivity contribution in [2.24, 2.45) is 0 Å². The third-order valence-corrected chi connectivity index (χ3v) is 3.96.